The van der Waals surface area contributed by atoms with Gasteiger partial charge in [-0.15, -0.1) is 0 Å². The van der Waals surface area contributed by atoms with Crippen LogP contribution in [0.3, 0.4) is 0 Å². The summed E-state index contributed by atoms with van der Waals surface area (Å²) in [6.07, 6.45) is 9.14. The first kappa shape index (κ1) is 13.1. The van der Waals surface area contributed by atoms with Gasteiger partial charge in [-0.1, -0.05) is 6.92 Å². The van der Waals surface area contributed by atoms with Crippen molar-refractivity contribution in [2.45, 2.75) is 45.7 Å². The van der Waals surface area contributed by atoms with Gasteiger partial charge in [0.05, 0.1) is 6.33 Å². The Bertz CT molecular complexity index is 564. The zero-order chi connectivity index (χ0) is 13.9. The molecule has 0 saturated carbocycles. The predicted molar refractivity (Wildman–Crippen MR) is 78.7 cm³/mol. The van der Waals surface area contributed by atoms with Crippen LogP contribution in [-0.4, -0.2) is 32.1 Å². The minimum absolute atomic E-state index is 0.503. The van der Waals surface area contributed by atoms with Gasteiger partial charge >= 0.3 is 0 Å². The topological polar surface area (TPSA) is 46.8 Å². The van der Waals surface area contributed by atoms with Crippen LogP contribution < -0.4 is 4.90 Å². The van der Waals surface area contributed by atoms with Crippen molar-refractivity contribution in [2.24, 2.45) is 0 Å². The SMILES string of the molecule is CCc1cc(N2CCCC2Cn2ccnc2)nc(C)n1. The van der Waals surface area contributed by atoms with E-state index in [2.05, 4.69) is 37.4 Å². The van der Waals surface area contributed by atoms with E-state index in [-0.39, 0.29) is 0 Å². The van der Waals surface area contributed by atoms with Crippen LogP contribution in [0, 0.1) is 6.92 Å². The second-order valence-corrected chi connectivity index (χ2v) is 5.37. The van der Waals surface area contributed by atoms with Crippen LogP contribution in [0.15, 0.2) is 24.8 Å². The fourth-order valence-electron chi connectivity index (χ4n) is 2.91. The minimum Gasteiger partial charge on any atom is -0.352 e. The van der Waals surface area contributed by atoms with Crippen LogP contribution >= 0.6 is 0 Å². The summed E-state index contributed by atoms with van der Waals surface area (Å²) in [7, 11) is 0. The van der Waals surface area contributed by atoms with Gasteiger partial charge in [0, 0.05) is 43.3 Å². The first-order valence-electron chi connectivity index (χ1n) is 7.33. The Hall–Kier alpha value is -1.91. The van der Waals surface area contributed by atoms with Gasteiger partial charge in [0.2, 0.25) is 0 Å². The second kappa shape index (κ2) is 5.61. The van der Waals surface area contributed by atoms with E-state index < -0.39 is 0 Å². The van der Waals surface area contributed by atoms with Crippen molar-refractivity contribution in [3.8, 4) is 0 Å². The third-order valence-corrected chi connectivity index (χ3v) is 3.89. The number of rotatable bonds is 4. The van der Waals surface area contributed by atoms with Crippen LogP contribution in [0.1, 0.15) is 31.3 Å². The van der Waals surface area contributed by atoms with E-state index in [1.165, 1.54) is 12.8 Å². The lowest BCUT2D eigenvalue weighted by Crippen LogP contribution is -2.33. The normalized spacial score (nSPS) is 18.7. The summed E-state index contributed by atoms with van der Waals surface area (Å²) in [5.74, 6) is 1.95. The molecule has 0 bridgehead atoms. The van der Waals surface area contributed by atoms with Crippen LogP contribution in [0.25, 0.3) is 0 Å². The van der Waals surface area contributed by atoms with E-state index in [0.29, 0.717) is 6.04 Å². The smallest absolute Gasteiger partial charge is 0.132 e. The molecule has 5 nitrogen and oxygen atoms in total. The van der Waals surface area contributed by atoms with Crippen LogP contribution in [-0.2, 0) is 13.0 Å². The summed E-state index contributed by atoms with van der Waals surface area (Å²) in [5.41, 5.74) is 1.13. The maximum Gasteiger partial charge on any atom is 0.132 e. The molecule has 1 fully saturated rings. The van der Waals surface area contributed by atoms with E-state index in [1.54, 1.807) is 0 Å². The summed E-state index contributed by atoms with van der Waals surface area (Å²) in [6.45, 7) is 6.17. The maximum absolute atomic E-state index is 4.63. The second-order valence-electron chi connectivity index (χ2n) is 5.37. The molecule has 20 heavy (non-hydrogen) atoms. The summed E-state index contributed by atoms with van der Waals surface area (Å²) in [5, 5.41) is 0. The third-order valence-electron chi connectivity index (χ3n) is 3.89. The van der Waals surface area contributed by atoms with E-state index in [9.17, 15) is 0 Å². The minimum atomic E-state index is 0.503. The van der Waals surface area contributed by atoms with Gasteiger partial charge in [-0.3, -0.25) is 0 Å². The van der Waals surface area contributed by atoms with Crippen molar-refractivity contribution in [3.05, 3.63) is 36.3 Å². The quantitative estimate of drug-likeness (QED) is 0.855. The predicted octanol–water partition coefficient (Wildman–Crippen LogP) is 2.21. The molecular weight excluding hydrogens is 250 g/mol. The Morgan fingerprint density at radius 2 is 2.25 bits per heavy atom. The number of imidazole rings is 1. The Labute approximate surface area is 119 Å². The zero-order valence-electron chi connectivity index (χ0n) is 12.2. The van der Waals surface area contributed by atoms with Gasteiger partial charge in [0.1, 0.15) is 11.6 Å². The van der Waals surface area contributed by atoms with Crippen molar-refractivity contribution in [3.63, 3.8) is 0 Å². The number of nitrogens with zero attached hydrogens (tertiary/aromatic N) is 5. The van der Waals surface area contributed by atoms with E-state index >= 15 is 0 Å². The Balaban J connectivity index is 1.82. The number of anilines is 1. The molecule has 1 unspecified atom stereocenters. The van der Waals surface area contributed by atoms with E-state index in [0.717, 1.165) is 36.8 Å². The Kier molecular flexibility index (Phi) is 3.67. The highest BCUT2D eigenvalue weighted by Gasteiger charge is 2.26. The summed E-state index contributed by atoms with van der Waals surface area (Å²) in [6, 6.07) is 2.64. The van der Waals surface area contributed by atoms with Gasteiger partial charge in [-0.05, 0) is 26.2 Å². The molecule has 0 radical (unpaired) electrons. The largest absolute Gasteiger partial charge is 0.352 e. The number of aryl methyl sites for hydroxylation is 2. The molecule has 1 atom stereocenters. The average molecular weight is 271 g/mol. The third kappa shape index (κ3) is 2.66. The van der Waals surface area contributed by atoms with Crippen molar-refractivity contribution in [1.29, 1.82) is 0 Å². The standard InChI is InChI=1S/C15H21N5/c1-3-13-9-15(18-12(2)17-13)20-7-4-5-14(20)10-19-8-6-16-11-19/h6,8-9,11,14H,3-5,7,10H2,1-2H3. The van der Waals surface area contributed by atoms with E-state index in [4.69, 9.17) is 0 Å². The first-order valence-corrected chi connectivity index (χ1v) is 7.33. The molecule has 2 aromatic heterocycles. The molecule has 0 spiro atoms. The fourth-order valence-corrected chi connectivity index (χ4v) is 2.91. The molecule has 0 amide bonds. The zero-order valence-corrected chi connectivity index (χ0v) is 12.2. The van der Waals surface area contributed by atoms with Gasteiger partial charge in [-0.25, -0.2) is 15.0 Å². The molecule has 5 heteroatoms. The van der Waals surface area contributed by atoms with Gasteiger partial charge in [-0.2, -0.15) is 0 Å². The molecule has 0 aliphatic carbocycles. The molecular formula is C15H21N5. The Morgan fingerprint density at radius 1 is 1.35 bits per heavy atom. The molecule has 106 valence electrons. The van der Waals surface area contributed by atoms with Gasteiger partial charge < -0.3 is 9.47 Å². The molecule has 0 N–H and O–H groups in total. The maximum atomic E-state index is 4.63. The molecule has 1 aliphatic rings. The van der Waals surface area contributed by atoms with Crippen LogP contribution in [0.5, 0.6) is 0 Å². The highest BCUT2D eigenvalue weighted by atomic mass is 15.3. The summed E-state index contributed by atoms with van der Waals surface area (Å²) < 4.78 is 2.15. The molecule has 0 aromatic carbocycles. The lowest BCUT2D eigenvalue weighted by Gasteiger charge is -2.26. The van der Waals surface area contributed by atoms with Crippen molar-refractivity contribution < 1.29 is 0 Å². The monoisotopic (exact) mass is 271 g/mol. The molecule has 3 heterocycles. The van der Waals surface area contributed by atoms with Gasteiger partial charge in [0.15, 0.2) is 0 Å². The molecule has 1 saturated heterocycles. The average Bonchev–Trinajstić information content (AvgIpc) is 3.10. The Morgan fingerprint density at radius 3 is 3.00 bits per heavy atom. The van der Waals surface area contributed by atoms with Crippen molar-refractivity contribution >= 4 is 5.82 Å². The highest BCUT2D eigenvalue weighted by Crippen LogP contribution is 2.25. The van der Waals surface area contributed by atoms with E-state index in [1.807, 2.05) is 25.6 Å². The molecule has 1 aliphatic heterocycles. The van der Waals surface area contributed by atoms with Gasteiger partial charge in [0.25, 0.3) is 0 Å². The van der Waals surface area contributed by atoms with Crippen molar-refractivity contribution in [1.82, 2.24) is 19.5 Å². The summed E-state index contributed by atoms with van der Waals surface area (Å²) >= 11 is 0. The highest BCUT2D eigenvalue weighted by molar-refractivity contribution is 5.42. The summed E-state index contributed by atoms with van der Waals surface area (Å²) in [4.78, 5) is 15.7. The first-order chi connectivity index (χ1) is 9.76. The van der Waals surface area contributed by atoms with Crippen molar-refractivity contribution in [2.75, 3.05) is 11.4 Å². The lowest BCUT2D eigenvalue weighted by molar-refractivity contribution is 0.546. The number of aromatic nitrogens is 4. The molecule has 3 rings (SSSR count). The number of hydrogen-bond donors (Lipinski definition) is 0. The number of hydrogen-bond acceptors (Lipinski definition) is 4. The van der Waals surface area contributed by atoms with Crippen LogP contribution in [0.2, 0.25) is 0 Å². The molecule has 2 aromatic rings. The fraction of sp³-hybridized carbons (Fsp3) is 0.533. The lowest BCUT2D eigenvalue weighted by atomic mass is 10.2. The van der Waals surface area contributed by atoms with Crippen LogP contribution in [0.4, 0.5) is 5.82 Å².